The number of aldehydes is 1. The molecule has 0 atom stereocenters. The van der Waals surface area contributed by atoms with Crippen LogP contribution < -0.4 is 5.32 Å². The van der Waals surface area contributed by atoms with Gasteiger partial charge in [0.2, 0.25) is 5.82 Å². The second kappa shape index (κ2) is 6.89. The molecule has 0 spiro atoms. The average molecular weight is 362 g/mol. The van der Waals surface area contributed by atoms with Crippen molar-refractivity contribution in [3.05, 3.63) is 58.9 Å². The number of aromatic nitrogens is 3. The monoisotopic (exact) mass is 362 g/mol. The topological polar surface area (TPSA) is 80.9 Å². The Labute approximate surface area is 153 Å². The summed E-state index contributed by atoms with van der Waals surface area (Å²) in [6.45, 7) is 0. The predicted octanol–water partition coefficient (Wildman–Crippen LogP) is 4.38. The van der Waals surface area contributed by atoms with E-state index in [4.69, 9.17) is 4.52 Å². The van der Waals surface area contributed by atoms with E-state index in [2.05, 4.69) is 20.4 Å². The van der Waals surface area contributed by atoms with Gasteiger partial charge in [0.15, 0.2) is 6.29 Å². The maximum Gasteiger partial charge on any atom is 0.258 e. The van der Waals surface area contributed by atoms with Crippen LogP contribution in [0.5, 0.6) is 0 Å². The van der Waals surface area contributed by atoms with E-state index in [1.165, 1.54) is 11.3 Å². The third-order valence-electron chi connectivity index (χ3n) is 3.96. The zero-order valence-electron chi connectivity index (χ0n) is 13.8. The summed E-state index contributed by atoms with van der Waals surface area (Å²) in [4.78, 5) is 20.5. The van der Waals surface area contributed by atoms with E-state index >= 15 is 0 Å². The first-order valence-corrected chi connectivity index (χ1v) is 8.78. The molecule has 7 heteroatoms. The van der Waals surface area contributed by atoms with Gasteiger partial charge in [0.25, 0.3) is 5.89 Å². The Hall–Kier alpha value is -3.32. The first-order chi connectivity index (χ1) is 12.8. The minimum Gasteiger partial charge on any atom is -0.373 e. The fourth-order valence-electron chi connectivity index (χ4n) is 2.68. The second-order valence-corrected chi connectivity index (χ2v) is 6.41. The first-order valence-electron chi connectivity index (χ1n) is 7.90. The number of nitrogens with one attached hydrogen (secondary N) is 1. The Morgan fingerprint density at radius 1 is 1.08 bits per heavy atom. The molecular formula is C19H14N4O2S. The van der Waals surface area contributed by atoms with Crippen LogP contribution in [0, 0.1) is 0 Å². The highest BCUT2D eigenvalue weighted by molar-refractivity contribution is 7.12. The summed E-state index contributed by atoms with van der Waals surface area (Å²) in [5.74, 6) is 1.59. The van der Waals surface area contributed by atoms with Crippen molar-refractivity contribution in [2.75, 3.05) is 12.4 Å². The molecule has 128 valence electrons. The SMILES string of the molecule is CNc1ncccc1-c1noc(-c2ccc(-c3ccsc3C=O)cc2)n1. The van der Waals surface area contributed by atoms with Crippen molar-refractivity contribution >= 4 is 23.4 Å². The van der Waals surface area contributed by atoms with Crippen molar-refractivity contribution in [2.24, 2.45) is 0 Å². The minimum absolute atomic E-state index is 0.429. The summed E-state index contributed by atoms with van der Waals surface area (Å²) >= 11 is 1.43. The van der Waals surface area contributed by atoms with Crippen LogP contribution in [-0.4, -0.2) is 28.5 Å². The molecule has 4 aromatic rings. The van der Waals surface area contributed by atoms with Crippen LogP contribution in [0.25, 0.3) is 34.0 Å². The maximum absolute atomic E-state index is 11.1. The predicted molar refractivity (Wildman–Crippen MR) is 101 cm³/mol. The second-order valence-electron chi connectivity index (χ2n) is 5.47. The van der Waals surface area contributed by atoms with Gasteiger partial charge in [-0.3, -0.25) is 4.79 Å². The van der Waals surface area contributed by atoms with Gasteiger partial charge in [-0.05, 0) is 41.3 Å². The zero-order chi connectivity index (χ0) is 17.9. The van der Waals surface area contributed by atoms with Gasteiger partial charge in [-0.15, -0.1) is 11.3 Å². The number of carbonyl (C=O) groups is 1. The number of hydrogen-bond acceptors (Lipinski definition) is 7. The number of rotatable bonds is 5. The summed E-state index contributed by atoms with van der Waals surface area (Å²) < 4.78 is 5.41. The van der Waals surface area contributed by atoms with Crippen LogP contribution in [-0.2, 0) is 0 Å². The number of pyridine rings is 1. The molecule has 0 radical (unpaired) electrons. The summed E-state index contributed by atoms with van der Waals surface area (Å²) in [7, 11) is 1.80. The van der Waals surface area contributed by atoms with Crippen molar-refractivity contribution in [3.63, 3.8) is 0 Å². The van der Waals surface area contributed by atoms with Crippen molar-refractivity contribution in [1.82, 2.24) is 15.1 Å². The third-order valence-corrected chi connectivity index (χ3v) is 4.80. The molecule has 4 rings (SSSR count). The van der Waals surface area contributed by atoms with Gasteiger partial charge in [0.1, 0.15) is 5.82 Å². The molecule has 0 saturated heterocycles. The highest BCUT2D eigenvalue weighted by Crippen LogP contribution is 2.30. The highest BCUT2D eigenvalue weighted by Gasteiger charge is 2.14. The molecule has 1 aromatic carbocycles. The van der Waals surface area contributed by atoms with E-state index in [0.717, 1.165) is 28.5 Å². The summed E-state index contributed by atoms with van der Waals surface area (Å²) in [5, 5.41) is 8.98. The summed E-state index contributed by atoms with van der Waals surface area (Å²) in [5.41, 5.74) is 3.49. The maximum atomic E-state index is 11.1. The number of carbonyl (C=O) groups excluding carboxylic acids is 1. The van der Waals surface area contributed by atoms with Gasteiger partial charge in [-0.2, -0.15) is 4.98 Å². The van der Waals surface area contributed by atoms with Crippen LogP contribution in [0.1, 0.15) is 9.67 Å². The van der Waals surface area contributed by atoms with Crippen LogP contribution in [0.4, 0.5) is 5.82 Å². The lowest BCUT2D eigenvalue weighted by atomic mass is 10.0. The Kier molecular flexibility index (Phi) is 4.28. The third kappa shape index (κ3) is 2.89. The Morgan fingerprint density at radius 3 is 2.65 bits per heavy atom. The Morgan fingerprint density at radius 2 is 1.88 bits per heavy atom. The number of anilines is 1. The van der Waals surface area contributed by atoms with Gasteiger partial charge in [0, 0.05) is 24.4 Å². The normalized spacial score (nSPS) is 10.7. The summed E-state index contributed by atoms with van der Waals surface area (Å²) in [6, 6.07) is 13.3. The molecule has 0 bridgehead atoms. The quantitative estimate of drug-likeness (QED) is 0.531. The molecule has 0 unspecified atom stereocenters. The van der Waals surface area contributed by atoms with Crippen LogP contribution in [0.2, 0.25) is 0 Å². The summed E-state index contributed by atoms with van der Waals surface area (Å²) in [6.07, 6.45) is 2.58. The molecule has 6 nitrogen and oxygen atoms in total. The molecule has 0 aliphatic heterocycles. The number of benzene rings is 1. The highest BCUT2D eigenvalue weighted by atomic mass is 32.1. The van der Waals surface area contributed by atoms with E-state index in [1.54, 1.807) is 13.2 Å². The van der Waals surface area contributed by atoms with Crippen LogP contribution >= 0.6 is 11.3 Å². The van der Waals surface area contributed by atoms with Gasteiger partial charge in [0.05, 0.1) is 10.4 Å². The van der Waals surface area contributed by atoms with E-state index in [0.29, 0.717) is 22.4 Å². The molecule has 0 aliphatic rings. The van der Waals surface area contributed by atoms with Gasteiger partial charge >= 0.3 is 0 Å². The fraction of sp³-hybridized carbons (Fsp3) is 0.0526. The number of hydrogen-bond donors (Lipinski definition) is 1. The van der Waals surface area contributed by atoms with Crippen molar-refractivity contribution in [2.45, 2.75) is 0 Å². The van der Waals surface area contributed by atoms with Crippen molar-refractivity contribution in [1.29, 1.82) is 0 Å². The first kappa shape index (κ1) is 16.2. The molecule has 0 aliphatic carbocycles. The lowest BCUT2D eigenvalue weighted by molar-refractivity contribution is 0.112. The fourth-order valence-corrected chi connectivity index (χ4v) is 3.40. The van der Waals surface area contributed by atoms with Gasteiger partial charge < -0.3 is 9.84 Å². The van der Waals surface area contributed by atoms with E-state index in [1.807, 2.05) is 47.8 Å². The Balaban J connectivity index is 1.65. The van der Waals surface area contributed by atoms with Crippen LogP contribution in [0.3, 0.4) is 0 Å². The molecule has 0 saturated carbocycles. The van der Waals surface area contributed by atoms with E-state index in [9.17, 15) is 4.79 Å². The lowest BCUT2D eigenvalue weighted by Crippen LogP contribution is -1.95. The molecule has 1 N–H and O–H groups in total. The molecule has 3 heterocycles. The van der Waals surface area contributed by atoms with Crippen molar-refractivity contribution < 1.29 is 9.32 Å². The molecule has 3 aromatic heterocycles. The van der Waals surface area contributed by atoms with E-state index in [-0.39, 0.29) is 0 Å². The standard InChI is InChI=1S/C19H14N4O2S/c1-20-17-15(3-2-9-21-17)18-22-19(25-23-18)13-6-4-12(5-7-13)14-8-10-26-16(14)11-24/h2-11H,1H3,(H,20,21). The minimum atomic E-state index is 0.429. The Bertz CT molecular complexity index is 1050. The van der Waals surface area contributed by atoms with Crippen LogP contribution in [0.15, 0.2) is 58.6 Å². The average Bonchev–Trinajstić information content (AvgIpc) is 3.37. The number of thiophene rings is 1. The van der Waals surface area contributed by atoms with Gasteiger partial charge in [-0.25, -0.2) is 4.98 Å². The smallest absolute Gasteiger partial charge is 0.258 e. The van der Waals surface area contributed by atoms with Crippen molar-refractivity contribution in [3.8, 4) is 34.0 Å². The van der Waals surface area contributed by atoms with E-state index < -0.39 is 0 Å². The molecular weight excluding hydrogens is 348 g/mol. The van der Waals surface area contributed by atoms with Gasteiger partial charge in [-0.1, -0.05) is 17.3 Å². The molecule has 26 heavy (non-hydrogen) atoms. The molecule has 0 amide bonds. The molecule has 0 fully saturated rings. The zero-order valence-corrected chi connectivity index (χ0v) is 14.7. The largest absolute Gasteiger partial charge is 0.373 e. The number of nitrogens with zero attached hydrogens (tertiary/aromatic N) is 3. The lowest BCUT2D eigenvalue weighted by Gasteiger charge is -2.02.